The molecule has 0 amide bonds. The van der Waals surface area contributed by atoms with Gasteiger partial charge in [0.15, 0.2) is 5.28 Å². The number of aliphatic hydroxyl groups is 1. The molecule has 16 heavy (non-hydrogen) atoms. The van der Waals surface area contributed by atoms with Gasteiger partial charge in [-0.3, -0.25) is 4.90 Å². The Morgan fingerprint density at radius 1 is 1.44 bits per heavy atom. The molecule has 0 aliphatic carbocycles. The van der Waals surface area contributed by atoms with Crippen molar-refractivity contribution in [2.45, 2.75) is 36.6 Å². The summed E-state index contributed by atoms with van der Waals surface area (Å²) in [6, 6.07) is 0. The number of fused-ring (bicyclic) bond motifs is 1. The molecule has 5 nitrogen and oxygen atoms in total. The molecule has 2 aliphatic heterocycles. The van der Waals surface area contributed by atoms with Crippen LogP contribution in [-0.2, 0) is 9.36 Å². The molecule has 3 atom stereocenters. The number of carboxylic acid groups (broad SMARTS) is 1. The van der Waals surface area contributed by atoms with Crippen LogP contribution in [0.4, 0.5) is 0 Å². The minimum Gasteiger partial charge on any atom is -0.479 e. The lowest BCUT2D eigenvalue weighted by Gasteiger charge is -2.23. The summed E-state index contributed by atoms with van der Waals surface area (Å²) in [5.41, 5.74) is -0.0761. The number of carboxylic acids is 1. The molecule has 2 saturated heterocycles. The van der Waals surface area contributed by atoms with Gasteiger partial charge in [0.25, 0.3) is 0 Å². The van der Waals surface area contributed by atoms with Crippen molar-refractivity contribution in [2.24, 2.45) is 0 Å². The van der Waals surface area contributed by atoms with Crippen molar-refractivity contribution in [3.8, 4) is 0 Å². The molecule has 0 bridgehead atoms. The highest BCUT2D eigenvalue weighted by atomic mass is 31.1. The Hall–Kier alpha value is -0.380. The van der Waals surface area contributed by atoms with E-state index in [1.165, 1.54) is 0 Å². The van der Waals surface area contributed by atoms with Gasteiger partial charge in [-0.05, 0) is 32.2 Å². The molecular weight excluding hydrogens is 229 g/mol. The first-order valence-electron chi connectivity index (χ1n) is 5.79. The lowest BCUT2D eigenvalue weighted by atomic mass is 10.2. The van der Waals surface area contributed by atoms with Gasteiger partial charge in [-0.2, -0.15) is 0 Å². The summed E-state index contributed by atoms with van der Waals surface area (Å²) in [6.45, 7) is 1.63. The van der Waals surface area contributed by atoms with Crippen LogP contribution in [-0.4, -0.2) is 51.7 Å². The van der Waals surface area contributed by atoms with Crippen molar-refractivity contribution in [1.82, 2.24) is 4.90 Å². The normalized spacial score (nSPS) is 37.3. The molecule has 2 N–H and O–H groups in total. The summed E-state index contributed by atoms with van der Waals surface area (Å²) < 4.78 is 11.7. The zero-order valence-corrected chi connectivity index (χ0v) is 10.2. The second kappa shape index (κ2) is 4.47. The smallest absolute Gasteiger partial charge is 0.332 e. The van der Waals surface area contributed by atoms with Gasteiger partial charge in [-0.1, -0.05) is 0 Å². The van der Waals surface area contributed by atoms with Crippen molar-refractivity contribution in [2.75, 3.05) is 19.7 Å². The third-order valence-corrected chi connectivity index (χ3v) is 6.37. The first-order valence-corrected chi connectivity index (χ1v) is 7.28. The minimum absolute atomic E-state index is 0.0761. The van der Waals surface area contributed by atoms with E-state index in [2.05, 4.69) is 0 Å². The molecule has 92 valence electrons. The SMILES string of the molecule is O=C(O)[C@]12C(CCN1CCCCCO)[PH]2=O. The van der Waals surface area contributed by atoms with Crippen LogP contribution in [0.2, 0.25) is 0 Å². The van der Waals surface area contributed by atoms with Crippen LogP contribution in [0.25, 0.3) is 0 Å². The largest absolute Gasteiger partial charge is 0.479 e. The molecular formula is C10H18NO4P. The molecule has 0 aromatic rings. The fourth-order valence-corrected chi connectivity index (χ4v) is 5.26. The third-order valence-electron chi connectivity index (χ3n) is 3.71. The van der Waals surface area contributed by atoms with E-state index >= 15 is 0 Å². The predicted octanol–water partition coefficient (Wildman–Crippen LogP) is 0.577. The zero-order chi connectivity index (χ0) is 11.8. The molecule has 0 aromatic heterocycles. The van der Waals surface area contributed by atoms with Gasteiger partial charge in [0.1, 0.15) is 7.80 Å². The van der Waals surface area contributed by atoms with Gasteiger partial charge in [0, 0.05) is 18.8 Å². The van der Waals surface area contributed by atoms with Gasteiger partial charge >= 0.3 is 5.97 Å². The van der Waals surface area contributed by atoms with E-state index in [-0.39, 0.29) is 12.3 Å². The van der Waals surface area contributed by atoms with E-state index in [9.17, 15) is 14.5 Å². The molecule has 0 aromatic carbocycles. The van der Waals surface area contributed by atoms with E-state index in [1.807, 2.05) is 4.90 Å². The Morgan fingerprint density at radius 2 is 2.19 bits per heavy atom. The molecule has 0 radical (unpaired) electrons. The highest BCUT2D eigenvalue weighted by Gasteiger charge is 2.74. The summed E-state index contributed by atoms with van der Waals surface area (Å²) in [5, 5.41) is 16.9. The van der Waals surface area contributed by atoms with Crippen LogP contribution in [0.15, 0.2) is 0 Å². The van der Waals surface area contributed by atoms with Gasteiger partial charge in [-0.15, -0.1) is 0 Å². The Morgan fingerprint density at radius 3 is 2.75 bits per heavy atom. The molecule has 2 heterocycles. The average molecular weight is 247 g/mol. The van der Waals surface area contributed by atoms with Crippen molar-refractivity contribution in [3.63, 3.8) is 0 Å². The Kier molecular flexibility index (Phi) is 3.38. The van der Waals surface area contributed by atoms with Crippen LogP contribution >= 0.6 is 7.80 Å². The molecule has 0 saturated carbocycles. The van der Waals surface area contributed by atoms with Crippen LogP contribution in [0, 0.1) is 0 Å². The Labute approximate surface area is 95.2 Å². The quantitative estimate of drug-likeness (QED) is 0.530. The van der Waals surface area contributed by atoms with Crippen LogP contribution in [0.3, 0.4) is 0 Å². The molecule has 2 unspecified atom stereocenters. The maximum atomic E-state index is 11.7. The predicted molar refractivity (Wildman–Crippen MR) is 60.3 cm³/mol. The van der Waals surface area contributed by atoms with Crippen molar-refractivity contribution in [1.29, 1.82) is 0 Å². The molecule has 2 aliphatic rings. The maximum absolute atomic E-state index is 11.7. The monoisotopic (exact) mass is 247 g/mol. The van der Waals surface area contributed by atoms with Crippen LogP contribution in [0.5, 0.6) is 0 Å². The Balaban J connectivity index is 1.90. The number of aliphatic hydroxyl groups excluding tert-OH is 1. The first-order chi connectivity index (χ1) is 7.65. The van der Waals surface area contributed by atoms with Crippen LogP contribution < -0.4 is 0 Å². The fourth-order valence-electron chi connectivity index (χ4n) is 2.80. The van der Waals surface area contributed by atoms with Gasteiger partial charge in [0.2, 0.25) is 0 Å². The number of nitrogens with zero attached hydrogens (tertiary/aromatic N) is 1. The van der Waals surface area contributed by atoms with E-state index in [0.29, 0.717) is 6.54 Å². The Bertz CT molecular complexity index is 312. The molecule has 2 fully saturated rings. The van der Waals surface area contributed by atoms with E-state index in [1.54, 1.807) is 0 Å². The van der Waals surface area contributed by atoms with Crippen molar-refractivity contribution >= 4 is 13.8 Å². The zero-order valence-electron chi connectivity index (χ0n) is 9.19. The van der Waals surface area contributed by atoms with Gasteiger partial charge < -0.3 is 14.8 Å². The van der Waals surface area contributed by atoms with Gasteiger partial charge in [-0.25, -0.2) is 4.79 Å². The number of unbranched alkanes of at least 4 members (excludes halogenated alkanes) is 2. The van der Waals surface area contributed by atoms with Crippen molar-refractivity contribution in [3.05, 3.63) is 0 Å². The van der Waals surface area contributed by atoms with E-state index in [0.717, 1.165) is 32.2 Å². The second-order valence-electron chi connectivity index (χ2n) is 4.55. The van der Waals surface area contributed by atoms with Crippen molar-refractivity contribution < 1.29 is 19.6 Å². The average Bonchev–Trinajstić information content (AvgIpc) is 2.69. The summed E-state index contributed by atoms with van der Waals surface area (Å²) in [4.78, 5) is 13.1. The lowest BCUT2D eigenvalue weighted by molar-refractivity contribution is -0.142. The van der Waals surface area contributed by atoms with E-state index in [4.69, 9.17) is 5.11 Å². The number of hydrogen-bond acceptors (Lipinski definition) is 4. The summed E-state index contributed by atoms with van der Waals surface area (Å²) in [7, 11) is -1.93. The number of likely N-dealkylation sites (tertiary alicyclic amines) is 1. The minimum atomic E-state index is -1.93. The first kappa shape index (κ1) is 12.1. The number of aliphatic carboxylic acids is 1. The molecule has 0 spiro atoms. The van der Waals surface area contributed by atoms with E-state index < -0.39 is 19.1 Å². The molecule has 2 rings (SSSR count). The summed E-state index contributed by atoms with van der Waals surface area (Å²) >= 11 is 0. The highest BCUT2D eigenvalue weighted by molar-refractivity contribution is 7.58. The highest BCUT2D eigenvalue weighted by Crippen LogP contribution is 2.72. The second-order valence-corrected chi connectivity index (χ2v) is 6.74. The van der Waals surface area contributed by atoms with Gasteiger partial charge in [0.05, 0.1) is 0 Å². The number of hydrogen-bond donors (Lipinski definition) is 2. The summed E-state index contributed by atoms with van der Waals surface area (Å²) in [6.07, 6.45) is 3.29. The third kappa shape index (κ3) is 1.62. The fraction of sp³-hybridized carbons (Fsp3) is 0.900. The topological polar surface area (TPSA) is 77.8 Å². The van der Waals surface area contributed by atoms with Crippen LogP contribution in [0.1, 0.15) is 25.7 Å². The standard InChI is InChI=1S/C10H18NO4P/c12-7-3-1-2-5-11-6-4-8-10(11,9(13)14)16(8)15/h8,12,16H,1-7H2,(H,13,14)/t8?,10-/m1/s1. The lowest BCUT2D eigenvalue weighted by Crippen LogP contribution is -2.41. The summed E-state index contributed by atoms with van der Waals surface area (Å²) in [5.74, 6) is -0.902. The number of carbonyl (C=O) groups is 1. The maximum Gasteiger partial charge on any atom is 0.332 e. The number of rotatable bonds is 6. The molecule has 6 heteroatoms.